The zero-order valence-corrected chi connectivity index (χ0v) is 31.7. The number of carbonyl (C=O) groups excluding carboxylic acids is 5. The number of fused-ring (bicyclic) bond motifs is 1. The normalized spacial score (nSPS) is 16.3. The van der Waals surface area contributed by atoms with Gasteiger partial charge in [0.15, 0.2) is 5.78 Å². The molecule has 0 aromatic heterocycles. The SMILES string of the molecule is CNC1C=C(C(=O)O)C(=O)c2cc(F)c(N3CCN(C(=O)OCc4ccc(NC(=O)[C@H](C)CC(=O)C(NC(=O)OCc5ccccc5)C(C)C)cc4)CC3)cc21. The second-order valence-corrected chi connectivity index (χ2v) is 14.1. The van der Waals surface area contributed by atoms with E-state index in [0.717, 1.165) is 11.6 Å². The number of rotatable bonds is 14. The molecule has 0 bridgehead atoms. The molecule has 56 heavy (non-hydrogen) atoms. The van der Waals surface area contributed by atoms with Crippen molar-refractivity contribution in [3.05, 3.63) is 106 Å². The number of benzene rings is 3. The number of piperazine rings is 1. The minimum atomic E-state index is -1.38. The van der Waals surface area contributed by atoms with Crippen molar-refractivity contribution in [3.63, 3.8) is 0 Å². The number of hydrogen-bond acceptors (Lipinski definition) is 10. The van der Waals surface area contributed by atoms with Crippen LogP contribution in [-0.2, 0) is 37.1 Å². The molecule has 2 aliphatic rings. The Hall–Kier alpha value is -6.09. The number of aliphatic carboxylic acids is 1. The van der Waals surface area contributed by atoms with E-state index in [0.29, 0.717) is 29.9 Å². The number of carboxylic acid groups (broad SMARTS) is 1. The molecule has 1 saturated heterocycles. The largest absolute Gasteiger partial charge is 0.478 e. The van der Waals surface area contributed by atoms with E-state index in [-0.39, 0.29) is 61.6 Å². The van der Waals surface area contributed by atoms with Crippen LogP contribution in [0.4, 0.5) is 25.4 Å². The number of likely N-dealkylation sites (N-methyl/N-ethyl adjacent to an activating group) is 1. The number of ether oxygens (including phenoxy) is 2. The van der Waals surface area contributed by atoms with Crippen LogP contribution in [0.15, 0.2) is 78.4 Å². The van der Waals surface area contributed by atoms with Gasteiger partial charge in [-0.05, 0) is 60.0 Å². The van der Waals surface area contributed by atoms with Crippen molar-refractivity contribution in [2.24, 2.45) is 11.8 Å². The summed E-state index contributed by atoms with van der Waals surface area (Å²) >= 11 is 0. The van der Waals surface area contributed by atoms with Gasteiger partial charge in [0, 0.05) is 49.8 Å². The quantitative estimate of drug-likeness (QED) is 0.157. The number of alkyl carbamates (subject to hydrolysis) is 1. The number of halogens is 1. The van der Waals surface area contributed by atoms with Crippen molar-refractivity contribution in [1.29, 1.82) is 0 Å². The molecule has 2 unspecified atom stereocenters. The Morgan fingerprint density at radius 2 is 1.54 bits per heavy atom. The second kappa shape index (κ2) is 18.5. The number of carboxylic acids is 1. The van der Waals surface area contributed by atoms with Crippen molar-refractivity contribution < 1.29 is 47.7 Å². The Bertz CT molecular complexity index is 1980. The highest BCUT2D eigenvalue weighted by Gasteiger charge is 2.33. The minimum Gasteiger partial charge on any atom is -0.478 e. The highest BCUT2D eigenvalue weighted by Crippen LogP contribution is 2.34. The molecule has 1 heterocycles. The lowest BCUT2D eigenvalue weighted by atomic mass is 9.86. The zero-order chi connectivity index (χ0) is 40.5. The first kappa shape index (κ1) is 41.1. The topological polar surface area (TPSA) is 184 Å². The van der Waals surface area contributed by atoms with Crippen LogP contribution in [0.5, 0.6) is 0 Å². The summed E-state index contributed by atoms with van der Waals surface area (Å²) < 4.78 is 26.0. The maximum atomic E-state index is 15.3. The van der Waals surface area contributed by atoms with Gasteiger partial charge in [0.2, 0.25) is 11.7 Å². The Morgan fingerprint density at radius 1 is 0.893 bits per heavy atom. The molecular formula is C41H46FN5O9. The van der Waals surface area contributed by atoms with Gasteiger partial charge in [0.1, 0.15) is 24.6 Å². The fourth-order valence-corrected chi connectivity index (χ4v) is 6.51. The second-order valence-electron chi connectivity index (χ2n) is 14.1. The maximum Gasteiger partial charge on any atom is 0.410 e. The number of carbonyl (C=O) groups is 6. The molecule has 0 saturated carbocycles. The first-order valence-electron chi connectivity index (χ1n) is 18.3. The first-order valence-corrected chi connectivity index (χ1v) is 18.3. The number of amides is 3. The van der Waals surface area contributed by atoms with Gasteiger partial charge < -0.3 is 40.3 Å². The van der Waals surface area contributed by atoms with Crippen molar-refractivity contribution >= 4 is 47.0 Å². The van der Waals surface area contributed by atoms with Gasteiger partial charge in [-0.15, -0.1) is 0 Å². The van der Waals surface area contributed by atoms with E-state index < -0.39 is 53.3 Å². The molecule has 14 nitrogen and oxygen atoms in total. The monoisotopic (exact) mass is 771 g/mol. The third-order valence-corrected chi connectivity index (χ3v) is 9.73. The van der Waals surface area contributed by atoms with Crippen LogP contribution in [0.2, 0.25) is 0 Å². The van der Waals surface area contributed by atoms with Crippen molar-refractivity contribution in [3.8, 4) is 0 Å². The lowest BCUT2D eigenvalue weighted by Crippen LogP contribution is -2.49. The van der Waals surface area contributed by atoms with E-state index in [1.807, 2.05) is 30.3 Å². The van der Waals surface area contributed by atoms with Crippen LogP contribution >= 0.6 is 0 Å². The number of ketones is 2. The summed E-state index contributed by atoms with van der Waals surface area (Å²) in [6.45, 7) is 6.38. The van der Waals surface area contributed by atoms with Crippen molar-refractivity contribution in [2.45, 2.75) is 52.5 Å². The predicted octanol–water partition coefficient (Wildman–Crippen LogP) is 5.24. The smallest absolute Gasteiger partial charge is 0.410 e. The molecule has 296 valence electrons. The Morgan fingerprint density at radius 3 is 2.16 bits per heavy atom. The van der Waals surface area contributed by atoms with Crippen LogP contribution in [0.1, 0.15) is 60.3 Å². The number of hydrogen-bond donors (Lipinski definition) is 4. The highest BCUT2D eigenvalue weighted by atomic mass is 19.1. The molecule has 1 fully saturated rings. The van der Waals surface area contributed by atoms with Gasteiger partial charge in [0.25, 0.3) is 0 Å². The average Bonchev–Trinajstić information content (AvgIpc) is 3.19. The van der Waals surface area contributed by atoms with E-state index in [1.54, 1.807) is 63.1 Å². The molecule has 3 aromatic carbocycles. The molecule has 15 heteroatoms. The number of anilines is 2. The summed E-state index contributed by atoms with van der Waals surface area (Å²) in [5, 5.41) is 17.8. The Kier molecular flexibility index (Phi) is 13.6. The van der Waals surface area contributed by atoms with E-state index in [4.69, 9.17) is 9.47 Å². The van der Waals surface area contributed by atoms with Gasteiger partial charge in [-0.3, -0.25) is 14.4 Å². The molecule has 3 amide bonds. The van der Waals surface area contributed by atoms with Crippen LogP contribution in [0.25, 0.3) is 0 Å². The number of nitrogens with one attached hydrogen (secondary N) is 3. The molecule has 1 aliphatic carbocycles. The average molecular weight is 772 g/mol. The van der Waals surface area contributed by atoms with Gasteiger partial charge in [-0.2, -0.15) is 0 Å². The molecule has 3 aromatic rings. The molecule has 5 rings (SSSR count). The summed E-state index contributed by atoms with van der Waals surface area (Å²) in [7, 11) is 1.62. The Labute approximate surface area is 324 Å². The van der Waals surface area contributed by atoms with Gasteiger partial charge in [0.05, 0.1) is 17.8 Å². The third-order valence-electron chi connectivity index (χ3n) is 9.73. The number of nitrogens with zero attached hydrogens (tertiary/aromatic N) is 2. The van der Waals surface area contributed by atoms with Crippen LogP contribution in [0.3, 0.4) is 0 Å². The summed E-state index contributed by atoms with van der Waals surface area (Å²) in [6, 6.07) is 17.1. The van der Waals surface area contributed by atoms with Gasteiger partial charge in [-0.25, -0.2) is 18.8 Å². The predicted molar refractivity (Wildman–Crippen MR) is 204 cm³/mol. The van der Waals surface area contributed by atoms with E-state index >= 15 is 4.39 Å². The van der Waals surface area contributed by atoms with Crippen molar-refractivity contribution in [2.75, 3.05) is 43.4 Å². The maximum absolute atomic E-state index is 15.3. The molecule has 0 radical (unpaired) electrons. The fourth-order valence-electron chi connectivity index (χ4n) is 6.51. The van der Waals surface area contributed by atoms with Crippen LogP contribution in [-0.4, -0.2) is 84.9 Å². The summed E-state index contributed by atoms with van der Waals surface area (Å²) in [6.07, 6.45) is -0.0384. The highest BCUT2D eigenvalue weighted by molar-refractivity contribution is 6.25. The molecule has 3 atom stereocenters. The molecule has 1 aliphatic heterocycles. The van der Waals surface area contributed by atoms with Crippen LogP contribution in [0, 0.1) is 17.7 Å². The molecular weight excluding hydrogens is 725 g/mol. The Balaban J connectivity index is 1.06. The van der Waals surface area contributed by atoms with Crippen LogP contribution < -0.4 is 20.9 Å². The lowest BCUT2D eigenvalue weighted by molar-refractivity contribution is -0.132. The standard InChI is InChI=1S/C41H46FN5O9/c1-24(2)36(45-40(53)55-22-26-8-6-5-7-9-26)35(48)18-25(3)38(50)44-28-12-10-27(11-13-28)23-56-41(54)47-16-14-46(15-17-47)34-21-29-30(19-32(34)42)37(49)31(39(51)52)20-33(29)43-4/h5-13,19-21,24-25,33,36,43H,14-18,22-23H2,1-4H3,(H,44,50)(H,45,53)(H,51,52)/t25-,33?,36?/m1/s1. The van der Waals surface area contributed by atoms with Gasteiger partial charge in [-0.1, -0.05) is 63.2 Å². The summed E-state index contributed by atoms with van der Waals surface area (Å²) in [5.74, 6) is -4.37. The molecule has 0 spiro atoms. The van der Waals surface area contributed by atoms with Gasteiger partial charge >= 0.3 is 18.2 Å². The fraction of sp³-hybridized carbons (Fsp3) is 0.366. The van der Waals surface area contributed by atoms with E-state index in [2.05, 4.69) is 16.0 Å². The van der Waals surface area contributed by atoms with Crippen molar-refractivity contribution in [1.82, 2.24) is 15.5 Å². The summed E-state index contributed by atoms with van der Waals surface area (Å²) in [5.41, 5.74) is 2.27. The summed E-state index contributed by atoms with van der Waals surface area (Å²) in [4.78, 5) is 78.9. The third kappa shape index (κ3) is 10.2. The zero-order valence-electron chi connectivity index (χ0n) is 31.7. The number of Topliss-reactive ketones (excluding diaryl/α,β-unsaturated/α-hetero) is 2. The van der Waals surface area contributed by atoms with E-state index in [9.17, 15) is 33.9 Å². The minimum absolute atomic E-state index is 0.00524. The lowest BCUT2D eigenvalue weighted by Gasteiger charge is -2.36. The van der Waals surface area contributed by atoms with E-state index in [1.165, 1.54) is 11.0 Å². The molecule has 4 N–H and O–H groups in total. The first-order chi connectivity index (χ1) is 26.7.